The van der Waals surface area contributed by atoms with E-state index in [9.17, 15) is 18.0 Å². The predicted octanol–water partition coefficient (Wildman–Crippen LogP) is 4.22. The second-order valence-electron chi connectivity index (χ2n) is 4.66. The van der Waals surface area contributed by atoms with E-state index in [1.165, 1.54) is 4.57 Å². The van der Waals surface area contributed by atoms with Crippen LogP contribution < -0.4 is 0 Å². The second kappa shape index (κ2) is 5.44. The van der Waals surface area contributed by atoms with Gasteiger partial charge >= 0.3 is 12.1 Å². The Kier molecular flexibility index (Phi) is 4.00. The van der Waals surface area contributed by atoms with Crippen LogP contribution in [-0.4, -0.2) is 15.6 Å². The summed E-state index contributed by atoms with van der Waals surface area (Å²) in [5, 5.41) is 9.29. The number of nitrogens with zero attached hydrogens (tertiary/aromatic N) is 1. The Hall–Kier alpha value is -1.95. The third-order valence-electron chi connectivity index (χ3n) is 2.98. The zero-order valence-electron chi connectivity index (χ0n) is 10.9. The zero-order chi connectivity index (χ0) is 15.8. The highest BCUT2D eigenvalue weighted by Gasteiger charge is 2.37. The van der Waals surface area contributed by atoms with Gasteiger partial charge in [0.1, 0.15) is 0 Å². The molecule has 0 saturated heterocycles. The minimum Gasteiger partial charge on any atom is -0.478 e. The summed E-state index contributed by atoms with van der Waals surface area (Å²) in [7, 11) is 0. The van der Waals surface area contributed by atoms with Gasteiger partial charge in [-0.15, -0.1) is 0 Å². The summed E-state index contributed by atoms with van der Waals surface area (Å²) in [6, 6.07) is 5.18. The molecule has 0 bridgehead atoms. The van der Waals surface area contributed by atoms with Crippen LogP contribution in [0.15, 0.2) is 30.6 Å². The molecule has 0 atom stereocenters. The van der Waals surface area contributed by atoms with Gasteiger partial charge in [0.05, 0.1) is 11.1 Å². The van der Waals surface area contributed by atoms with Crippen LogP contribution in [0.1, 0.15) is 27.0 Å². The van der Waals surface area contributed by atoms with Gasteiger partial charge in [0.2, 0.25) is 0 Å². The molecule has 2 rings (SSSR count). The largest absolute Gasteiger partial charge is 0.478 e. The Balaban J connectivity index is 2.39. The van der Waals surface area contributed by atoms with Crippen molar-refractivity contribution >= 4 is 17.6 Å². The SMILES string of the molecule is Cc1ccc(Cn2cc(C(=O)O)c(C(F)(F)F)c2)c(Cl)c1. The first-order valence-electron chi connectivity index (χ1n) is 5.94. The highest BCUT2D eigenvalue weighted by molar-refractivity contribution is 6.31. The summed E-state index contributed by atoms with van der Waals surface area (Å²) in [6.07, 6.45) is -2.98. The summed E-state index contributed by atoms with van der Waals surface area (Å²) < 4.78 is 39.5. The summed E-state index contributed by atoms with van der Waals surface area (Å²) in [5.41, 5.74) is -0.398. The van der Waals surface area contributed by atoms with Crippen LogP contribution in [0.25, 0.3) is 0 Å². The van der Waals surface area contributed by atoms with Gasteiger partial charge in [-0.25, -0.2) is 4.79 Å². The molecule has 7 heteroatoms. The van der Waals surface area contributed by atoms with Gasteiger partial charge in [-0.05, 0) is 24.1 Å². The minimum atomic E-state index is -4.71. The van der Waals surface area contributed by atoms with Gasteiger partial charge in [0.15, 0.2) is 0 Å². The van der Waals surface area contributed by atoms with Crippen molar-refractivity contribution in [3.63, 3.8) is 0 Å². The number of benzene rings is 1. The molecule has 1 heterocycles. The number of carboxylic acid groups (broad SMARTS) is 1. The smallest absolute Gasteiger partial charge is 0.418 e. The molecule has 0 spiro atoms. The fourth-order valence-corrected chi connectivity index (χ4v) is 2.27. The van der Waals surface area contributed by atoms with Gasteiger partial charge in [-0.3, -0.25) is 0 Å². The molecule has 21 heavy (non-hydrogen) atoms. The lowest BCUT2D eigenvalue weighted by molar-refractivity contribution is -0.138. The Morgan fingerprint density at radius 1 is 1.33 bits per heavy atom. The number of halogens is 4. The van der Waals surface area contributed by atoms with E-state index in [0.29, 0.717) is 10.6 Å². The van der Waals surface area contributed by atoms with Gasteiger partial charge in [-0.1, -0.05) is 23.7 Å². The van der Waals surface area contributed by atoms with Crippen LogP contribution in [0.4, 0.5) is 13.2 Å². The summed E-state index contributed by atoms with van der Waals surface area (Å²) >= 11 is 6.03. The van der Waals surface area contributed by atoms with Crippen molar-refractivity contribution in [2.45, 2.75) is 19.6 Å². The molecule has 3 nitrogen and oxygen atoms in total. The Bertz CT molecular complexity index is 692. The first-order valence-corrected chi connectivity index (χ1v) is 6.31. The van der Waals surface area contributed by atoms with E-state index in [2.05, 4.69) is 0 Å². The van der Waals surface area contributed by atoms with Crippen LogP contribution in [0.2, 0.25) is 5.02 Å². The zero-order valence-corrected chi connectivity index (χ0v) is 11.7. The third-order valence-corrected chi connectivity index (χ3v) is 3.33. The molecule has 0 fully saturated rings. The minimum absolute atomic E-state index is 0.0650. The summed E-state index contributed by atoms with van der Waals surface area (Å²) in [4.78, 5) is 10.9. The van der Waals surface area contributed by atoms with Crippen LogP contribution in [0, 0.1) is 6.92 Å². The molecule has 0 radical (unpaired) electrons. The lowest BCUT2D eigenvalue weighted by Crippen LogP contribution is -2.09. The average molecular weight is 318 g/mol. The van der Waals surface area contributed by atoms with Gasteiger partial charge in [-0.2, -0.15) is 13.2 Å². The van der Waals surface area contributed by atoms with E-state index >= 15 is 0 Å². The van der Waals surface area contributed by atoms with Gasteiger partial charge < -0.3 is 9.67 Å². The summed E-state index contributed by atoms with van der Waals surface area (Å²) in [6.45, 7) is 1.91. The topological polar surface area (TPSA) is 42.2 Å². The number of carboxylic acids is 1. The number of carbonyl (C=O) groups is 1. The number of aryl methyl sites for hydroxylation is 1. The van der Waals surface area contributed by atoms with Crippen LogP contribution in [0.3, 0.4) is 0 Å². The molecule has 1 aromatic heterocycles. The van der Waals surface area contributed by atoms with Crippen molar-refractivity contribution in [1.82, 2.24) is 4.57 Å². The van der Waals surface area contributed by atoms with E-state index in [-0.39, 0.29) is 6.54 Å². The lowest BCUT2D eigenvalue weighted by Gasteiger charge is -2.07. The maximum absolute atomic E-state index is 12.8. The third kappa shape index (κ3) is 3.39. The maximum atomic E-state index is 12.8. The first-order chi connectivity index (χ1) is 9.68. The van der Waals surface area contributed by atoms with Crippen molar-refractivity contribution in [1.29, 1.82) is 0 Å². The number of aromatic nitrogens is 1. The molecule has 0 aliphatic carbocycles. The molecule has 2 aromatic rings. The standard InChI is InChI=1S/C14H11ClF3NO2/c1-8-2-3-9(12(15)4-8)5-19-6-10(13(20)21)11(7-19)14(16,17)18/h2-4,6-7H,5H2,1H3,(H,20,21). The molecule has 1 N–H and O–H groups in total. The normalized spacial score (nSPS) is 11.7. The summed E-state index contributed by atoms with van der Waals surface area (Å²) in [5.74, 6) is -1.61. The highest BCUT2D eigenvalue weighted by Crippen LogP contribution is 2.33. The maximum Gasteiger partial charge on any atom is 0.418 e. The van der Waals surface area contributed by atoms with E-state index in [0.717, 1.165) is 18.0 Å². The van der Waals surface area contributed by atoms with Gasteiger partial charge in [0, 0.05) is 24.0 Å². The van der Waals surface area contributed by atoms with E-state index < -0.39 is 23.3 Å². The molecular weight excluding hydrogens is 307 g/mol. The van der Waals surface area contributed by atoms with Crippen molar-refractivity contribution in [2.75, 3.05) is 0 Å². The van der Waals surface area contributed by atoms with E-state index in [4.69, 9.17) is 16.7 Å². The number of aromatic carboxylic acids is 1. The average Bonchev–Trinajstić information content (AvgIpc) is 2.77. The number of alkyl halides is 3. The monoisotopic (exact) mass is 317 g/mol. The molecule has 0 unspecified atom stereocenters. The quantitative estimate of drug-likeness (QED) is 0.921. The van der Waals surface area contributed by atoms with Crippen LogP contribution >= 0.6 is 11.6 Å². The van der Waals surface area contributed by atoms with E-state index in [1.54, 1.807) is 18.2 Å². The Labute approximate surface area is 123 Å². The van der Waals surface area contributed by atoms with E-state index in [1.807, 2.05) is 6.92 Å². The molecule has 112 valence electrons. The molecular formula is C14H11ClF3NO2. The Morgan fingerprint density at radius 3 is 2.48 bits per heavy atom. The number of hydrogen-bond acceptors (Lipinski definition) is 1. The van der Waals surface area contributed by atoms with Crippen molar-refractivity contribution in [3.05, 3.63) is 57.9 Å². The van der Waals surface area contributed by atoms with Crippen molar-refractivity contribution in [3.8, 4) is 0 Å². The van der Waals surface area contributed by atoms with Crippen molar-refractivity contribution in [2.24, 2.45) is 0 Å². The molecule has 0 aliphatic heterocycles. The fraction of sp³-hybridized carbons (Fsp3) is 0.214. The molecule has 0 amide bonds. The molecule has 1 aromatic carbocycles. The van der Waals surface area contributed by atoms with Crippen molar-refractivity contribution < 1.29 is 23.1 Å². The highest BCUT2D eigenvalue weighted by atomic mass is 35.5. The van der Waals surface area contributed by atoms with Crippen LogP contribution in [0.5, 0.6) is 0 Å². The first kappa shape index (κ1) is 15.4. The predicted molar refractivity (Wildman–Crippen MR) is 71.7 cm³/mol. The second-order valence-corrected chi connectivity index (χ2v) is 5.06. The number of rotatable bonds is 3. The lowest BCUT2D eigenvalue weighted by atomic mass is 10.1. The van der Waals surface area contributed by atoms with Crippen LogP contribution in [-0.2, 0) is 12.7 Å². The number of hydrogen-bond donors (Lipinski definition) is 1. The molecule has 0 saturated carbocycles. The van der Waals surface area contributed by atoms with Gasteiger partial charge in [0.25, 0.3) is 0 Å². The molecule has 0 aliphatic rings. The Morgan fingerprint density at radius 2 is 2.00 bits per heavy atom. The fourth-order valence-electron chi connectivity index (χ4n) is 1.97.